The van der Waals surface area contributed by atoms with Crippen LogP contribution in [0.4, 0.5) is 4.39 Å². The number of rotatable bonds is 26. The summed E-state index contributed by atoms with van der Waals surface area (Å²) < 4.78 is 75.6. The number of aryl methyl sites for hydroxylation is 2. The summed E-state index contributed by atoms with van der Waals surface area (Å²) in [4.78, 5) is 17.0. The van der Waals surface area contributed by atoms with Crippen LogP contribution in [0.15, 0.2) is 12.1 Å². The lowest BCUT2D eigenvalue weighted by Gasteiger charge is -2.30. The Hall–Kier alpha value is -2.14. The van der Waals surface area contributed by atoms with Crippen LogP contribution in [0, 0.1) is 25.6 Å². The number of benzene rings is 1. The second-order valence-electron chi connectivity index (χ2n) is 16.5. The van der Waals surface area contributed by atoms with Gasteiger partial charge in [0.1, 0.15) is 42.7 Å². The van der Waals surface area contributed by atoms with E-state index in [1.807, 2.05) is 21.0 Å². The van der Waals surface area contributed by atoms with E-state index in [0.717, 1.165) is 120 Å². The van der Waals surface area contributed by atoms with Gasteiger partial charge < -0.3 is 23.2 Å². The van der Waals surface area contributed by atoms with Crippen molar-refractivity contribution in [1.82, 2.24) is 0 Å². The molecule has 1 atom stereocenters. The molecule has 0 saturated carbocycles. The molecule has 4 heterocycles. The van der Waals surface area contributed by atoms with Gasteiger partial charge in [-0.2, -0.15) is 8.42 Å². The predicted octanol–water partition coefficient (Wildman–Crippen LogP) is 10.8. The maximum absolute atomic E-state index is 16.1. The Labute approximate surface area is 373 Å². The van der Waals surface area contributed by atoms with Crippen LogP contribution in [0.3, 0.4) is 0 Å². The molecule has 0 aliphatic carbocycles. The maximum atomic E-state index is 16.1. The predicted molar refractivity (Wildman–Crippen MR) is 247 cm³/mol. The maximum Gasteiger partial charge on any atom is 0.351 e. The summed E-state index contributed by atoms with van der Waals surface area (Å²) in [6.45, 7) is 11.9. The topological polar surface area (TPSA) is 138 Å². The highest BCUT2D eigenvalue weighted by molar-refractivity contribution is 7.94. The zero-order valence-corrected chi connectivity index (χ0v) is 40.6. The third-order valence-electron chi connectivity index (χ3n) is 10.7. The monoisotopic (exact) mass is 950 g/mol. The third-order valence-corrected chi connectivity index (χ3v) is 16.9. The fourth-order valence-corrected chi connectivity index (χ4v) is 12.8. The first-order valence-electron chi connectivity index (χ1n) is 20.2. The highest BCUT2D eigenvalue weighted by Gasteiger charge is 2.29. The highest BCUT2D eigenvalue weighted by Crippen LogP contribution is 2.54. The molecule has 5 aromatic rings. The van der Waals surface area contributed by atoms with Crippen molar-refractivity contribution in [1.29, 1.82) is 0 Å². The summed E-state index contributed by atoms with van der Waals surface area (Å²) in [5.41, 5.74) is 0. The number of halogens is 1. The number of unbranched alkanes of at least 4 members (excludes halogenated alkanes) is 1. The van der Waals surface area contributed by atoms with Gasteiger partial charge in [0, 0.05) is 61.4 Å². The Kier molecular flexibility index (Phi) is 17.5. The number of ether oxygens (including phenoxy) is 3. The summed E-state index contributed by atoms with van der Waals surface area (Å²) in [6.07, 6.45) is 5.14. The molecule has 60 heavy (non-hydrogen) atoms. The van der Waals surface area contributed by atoms with Crippen LogP contribution in [0.5, 0.6) is 11.5 Å². The van der Waals surface area contributed by atoms with Crippen molar-refractivity contribution in [3.05, 3.63) is 32.6 Å². The second-order valence-corrected chi connectivity index (χ2v) is 23.4. The largest absolute Gasteiger partial charge is 0.486 e. The van der Waals surface area contributed by atoms with Gasteiger partial charge >= 0.3 is 5.97 Å². The Balaban J connectivity index is 1.51. The van der Waals surface area contributed by atoms with Gasteiger partial charge in [-0.1, -0.05) is 38.1 Å². The van der Waals surface area contributed by atoms with Crippen LogP contribution in [-0.4, -0.2) is 119 Å². The Bertz CT molecular complexity index is 2330. The zero-order valence-electron chi connectivity index (χ0n) is 35.7. The van der Waals surface area contributed by atoms with Crippen LogP contribution in [0.1, 0.15) is 71.8 Å². The average Bonchev–Trinajstić information content (AvgIpc) is 3.94. The summed E-state index contributed by atoms with van der Waals surface area (Å²) in [5, 5.41) is 14.4. The molecule has 0 spiro atoms. The standard InChI is InChI=1S/C41H57FN2O10S6/c1-9-11-14-28(10-2)25-52-41(45)40-33(42)32-27(4)57-38(39(32)59-40)31-24-30-35(51-19-17-43(5,6)15-12-21-55-54-53-46)36-29(23-26(3)56-36)34(37(30)58-31)50-20-18-44(7,8)16-13-22-60(47,48)49/h23-24,28H,9-22,25H2,1-8H3/p+2. The molecule has 0 radical (unpaired) electrons. The van der Waals surface area contributed by atoms with E-state index in [4.69, 9.17) is 19.5 Å². The quantitative estimate of drug-likeness (QED) is 0.0104. The van der Waals surface area contributed by atoms with Crippen molar-refractivity contribution in [3.63, 3.8) is 0 Å². The number of quaternary nitrogens is 2. The molecule has 1 aromatic carbocycles. The number of thiophene rings is 4. The number of likely N-dealkylation sites (N-methyl/N-ethyl adjacent to an activating group) is 2. The zero-order chi connectivity index (χ0) is 43.8. The van der Waals surface area contributed by atoms with Crippen LogP contribution in [0.25, 0.3) is 40.0 Å². The minimum absolute atomic E-state index is 0.00134. The normalized spacial score (nSPS) is 13.2. The number of esters is 1. The van der Waals surface area contributed by atoms with E-state index in [-0.39, 0.29) is 23.2 Å². The van der Waals surface area contributed by atoms with E-state index in [1.165, 1.54) is 11.3 Å². The van der Waals surface area contributed by atoms with Gasteiger partial charge in [-0.25, -0.2) is 14.4 Å². The minimum Gasteiger partial charge on any atom is -0.486 e. The average molecular weight is 951 g/mol. The Morgan fingerprint density at radius 2 is 1.50 bits per heavy atom. The molecule has 1 unspecified atom stereocenters. The van der Waals surface area contributed by atoms with Crippen molar-refractivity contribution < 1.29 is 60.0 Å². The number of nitrogens with zero attached hydrogens (tertiary/aromatic N) is 2. The fraction of sp³-hybridized carbons (Fsp3) is 0.585. The molecular formula is C41H59FN2O10S6+2. The molecule has 4 aromatic heterocycles. The van der Waals surface area contributed by atoms with Gasteiger partial charge in [-0.3, -0.25) is 4.55 Å². The fourth-order valence-electron chi connectivity index (χ4n) is 7.10. The van der Waals surface area contributed by atoms with Gasteiger partial charge in [-0.15, -0.1) is 49.7 Å². The van der Waals surface area contributed by atoms with E-state index in [1.54, 1.807) is 22.7 Å². The Morgan fingerprint density at radius 3 is 2.12 bits per heavy atom. The first kappa shape index (κ1) is 48.9. The van der Waals surface area contributed by atoms with E-state index in [9.17, 15) is 17.8 Å². The molecule has 334 valence electrons. The molecule has 0 aliphatic rings. The first-order chi connectivity index (χ1) is 28.4. The first-order valence-corrected chi connectivity index (χ1v) is 26.0. The number of carbonyl (C=O) groups is 1. The molecule has 5 rings (SSSR count). The minimum atomic E-state index is -4.04. The molecule has 0 amide bonds. The number of carbonyl (C=O) groups excluding carboxylic acids is 1. The van der Waals surface area contributed by atoms with Gasteiger partial charge in [0.05, 0.1) is 72.6 Å². The molecular weight excluding hydrogens is 892 g/mol. The van der Waals surface area contributed by atoms with Crippen molar-refractivity contribution in [2.45, 2.75) is 66.2 Å². The lowest BCUT2D eigenvalue weighted by Crippen LogP contribution is -2.44. The lowest BCUT2D eigenvalue weighted by atomic mass is 10.0. The summed E-state index contributed by atoms with van der Waals surface area (Å²) in [5.74, 6) is 0.947. The SMILES string of the molecule is CCCCC(CC)COC(=O)c1sc2c(-c3cc4c(OCC[N+](C)(C)CCCSOOO)c5sc(C)cc5c(OCC[N+](C)(C)CCCS(=O)(=O)O)c4s3)sc(C)c2c1F. The lowest BCUT2D eigenvalue weighted by molar-refractivity contribution is -0.890. The van der Waals surface area contributed by atoms with Crippen molar-refractivity contribution >= 4 is 104 Å². The highest BCUT2D eigenvalue weighted by atomic mass is 32.2. The van der Waals surface area contributed by atoms with Gasteiger partial charge in [0.2, 0.25) is 0 Å². The summed E-state index contributed by atoms with van der Waals surface area (Å²) in [6, 6.07) is 4.22. The molecule has 0 aliphatic heterocycles. The molecule has 0 saturated heterocycles. The molecule has 0 fully saturated rings. The third kappa shape index (κ3) is 12.7. The number of hydrogen-bond donors (Lipinski definition) is 2. The van der Waals surface area contributed by atoms with Crippen LogP contribution in [-0.2, 0) is 24.2 Å². The molecule has 2 N–H and O–H groups in total. The van der Waals surface area contributed by atoms with Gasteiger partial charge in [0.25, 0.3) is 10.1 Å². The van der Waals surface area contributed by atoms with E-state index >= 15 is 4.39 Å². The number of hydrogen-bond acceptors (Lipinski definition) is 14. The van der Waals surface area contributed by atoms with Crippen molar-refractivity contribution in [2.75, 3.05) is 85.7 Å². The van der Waals surface area contributed by atoms with Gasteiger partial charge in [0.15, 0.2) is 5.82 Å². The Morgan fingerprint density at radius 1 is 0.867 bits per heavy atom. The summed E-state index contributed by atoms with van der Waals surface area (Å²) >= 11 is 6.89. The van der Waals surface area contributed by atoms with E-state index in [0.29, 0.717) is 57.5 Å². The molecule has 0 bridgehead atoms. The second kappa shape index (κ2) is 21.5. The van der Waals surface area contributed by atoms with Crippen LogP contribution in [0.2, 0.25) is 0 Å². The van der Waals surface area contributed by atoms with E-state index in [2.05, 4.69) is 56.4 Å². The van der Waals surface area contributed by atoms with Crippen LogP contribution < -0.4 is 9.47 Å². The molecule has 19 heteroatoms. The molecule has 12 nitrogen and oxygen atoms in total. The number of fused-ring (bicyclic) bond motifs is 3. The van der Waals surface area contributed by atoms with Gasteiger partial charge in [-0.05, 0) is 38.3 Å². The van der Waals surface area contributed by atoms with Crippen molar-refractivity contribution in [2.24, 2.45) is 5.92 Å². The van der Waals surface area contributed by atoms with Crippen molar-refractivity contribution in [3.8, 4) is 21.3 Å². The smallest absolute Gasteiger partial charge is 0.351 e. The van der Waals surface area contributed by atoms with E-state index < -0.39 is 21.9 Å². The van der Waals surface area contributed by atoms with Crippen LogP contribution >= 0.6 is 57.4 Å². The summed E-state index contributed by atoms with van der Waals surface area (Å²) in [7, 11) is 4.26.